The van der Waals surface area contributed by atoms with Gasteiger partial charge in [0, 0.05) is 15.8 Å². The number of nitrogens with one attached hydrogen (secondary N) is 2. The predicted molar refractivity (Wildman–Crippen MR) is 89.7 cm³/mol. The predicted octanol–water partition coefficient (Wildman–Crippen LogP) is 4.12. The van der Waals surface area contributed by atoms with Crippen molar-refractivity contribution in [2.45, 2.75) is 25.8 Å². The molecule has 1 unspecified atom stereocenters. The minimum atomic E-state index is -0.210. The lowest BCUT2D eigenvalue weighted by Gasteiger charge is -2.17. The van der Waals surface area contributed by atoms with E-state index in [1.165, 1.54) is 5.56 Å². The quantitative estimate of drug-likeness (QED) is 0.860. The summed E-state index contributed by atoms with van der Waals surface area (Å²) in [5, 5.41) is 6.35. The molecule has 1 aliphatic rings. The Balaban J connectivity index is 1.78. The lowest BCUT2D eigenvalue weighted by Crippen LogP contribution is -2.33. The Morgan fingerprint density at radius 2 is 2.05 bits per heavy atom. The smallest absolute Gasteiger partial charge is 0.246 e. The van der Waals surface area contributed by atoms with Gasteiger partial charge in [0.05, 0.1) is 0 Å². The molecule has 3 nitrogen and oxygen atoms in total. The lowest BCUT2D eigenvalue weighted by atomic mass is 10.1. The average Bonchev–Trinajstić information content (AvgIpc) is 2.63. The normalized spacial score (nSPS) is 17.6. The number of anilines is 2. The highest BCUT2D eigenvalue weighted by atomic mass is 79.9. The number of rotatable bonds is 2. The van der Waals surface area contributed by atoms with Crippen molar-refractivity contribution in [1.29, 1.82) is 0 Å². The number of para-hydroxylation sites is 1. The van der Waals surface area contributed by atoms with Gasteiger partial charge in [-0.2, -0.15) is 0 Å². The molecule has 2 aromatic rings. The van der Waals surface area contributed by atoms with Gasteiger partial charge in [0.1, 0.15) is 6.04 Å². The van der Waals surface area contributed by atoms with Crippen LogP contribution in [0.25, 0.3) is 0 Å². The number of fused-ring (bicyclic) bond motifs is 1. The summed E-state index contributed by atoms with van der Waals surface area (Å²) in [6.07, 6.45) is 1.68. The standard InChI is InChI=1S/C17H17BrN2O/c1-11-10-13(7-8-14(11)18)19-16-9-6-12-4-2-3-5-15(12)20-17(16)21/h2-5,7-8,10,16,19H,6,9H2,1H3,(H,20,21). The van der Waals surface area contributed by atoms with Crippen LogP contribution in [0.1, 0.15) is 17.5 Å². The molecule has 0 spiro atoms. The summed E-state index contributed by atoms with van der Waals surface area (Å²) in [5.41, 5.74) is 4.25. The van der Waals surface area contributed by atoms with Gasteiger partial charge in [0.15, 0.2) is 0 Å². The Kier molecular flexibility index (Phi) is 3.97. The molecule has 1 aliphatic heterocycles. The van der Waals surface area contributed by atoms with Crippen molar-refractivity contribution in [1.82, 2.24) is 0 Å². The first-order valence-electron chi connectivity index (χ1n) is 7.05. The van der Waals surface area contributed by atoms with Gasteiger partial charge in [0.25, 0.3) is 0 Å². The zero-order chi connectivity index (χ0) is 14.8. The van der Waals surface area contributed by atoms with E-state index in [9.17, 15) is 4.79 Å². The van der Waals surface area contributed by atoms with Crippen LogP contribution in [0.2, 0.25) is 0 Å². The summed E-state index contributed by atoms with van der Waals surface area (Å²) >= 11 is 3.49. The highest BCUT2D eigenvalue weighted by Crippen LogP contribution is 2.25. The molecule has 0 saturated heterocycles. The highest BCUT2D eigenvalue weighted by Gasteiger charge is 2.23. The molecule has 108 valence electrons. The van der Waals surface area contributed by atoms with E-state index >= 15 is 0 Å². The molecule has 21 heavy (non-hydrogen) atoms. The van der Waals surface area contributed by atoms with Crippen LogP contribution < -0.4 is 10.6 Å². The second-order valence-corrected chi connectivity index (χ2v) is 6.20. The minimum absolute atomic E-state index is 0.0283. The molecule has 3 rings (SSSR count). The maximum Gasteiger partial charge on any atom is 0.246 e. The molecule has 2 aromatic carbocycles. The number of carbonyl (C=O) groups excluding carboxylic acids is 1. The molecular weight excluding hydrogens is 328 g/mol. The van der Waals surface area contributed by atoms with Crippen LogP contribution in [0, 0.1) is 6.92 Å². The van der Waals surface area contributed by atoms with Gasteiger partial charge in [-0.15, -0.1) is 0 Å². The summed E-state index contributed by atoms with van der Waals surface area (Å²) in [5.74, 6) is 0.0283. The van der Waals surface area contributed by atoms with Crippen LogP contribution in [0.5, 0.6) is 0 Å². The van der Waals surface area contributed by atoms with Crippen molar-refractivity contribution in [3.63, 3.8) is 0 Å². The van der Waals surface area contributed by atoms with Gasteiger partial charge >= 0.3 is 0 Å². The summed E-state index contributed by atoms with van der Waals surface area (Å²) in [6, 6.07) is 13.8. The number of halogens is 1. The molecule has 1 heterocycles. The van der Waals surface area contributed by atoms with Crippen molar-refractivity contribution in [3.05, 3.63) is 58.1 Å². The van der Waals surface area contributed by atoms with Crippen LogP contribution >= 0.6 is 15.9 Å². The first-order chi connectivity index (χ1) is 10.1. The molecule has 2 N–H and O–H groups in total. The third kappa shape index (κ3) is 3.10. The average molecular weight is 345 g/mol. The molecule has 0 aliphatic carbocycles. The van der Waals surface area contributed by atoms with Crippen LogP contribution in [-0.4, -0.2) is 11.9 Å². The second-order valence-electron chi connectivity index (χ2n) is 5.35. The van der Waals surface area contributed by atoms with Crippen molar-refractivity contribution < 1.29 is 4.79 Å². The van der Waals surface area contributed by atoms with E-state index in [4.69, 9.17) is 0 Å². The van der Waals surface area contributed by atoms with E-state index in [2.05, 4.69) is 38.7 Å². The molecule has 1 atom stereocenters. The Bertz CT molecular complexity index is 684. The number of hydrogen-bond acceptors (Lipinski definition) is 2. The number of amides is 1. The van der Waals surface area contributed by atoms with Gasteiger partial charge in [0.2, 0.25) is 5.91 Å². The molecule has 0 saturated carbocycles. The van der Waals surface area contributed by atoms with Gasteiger partial charge in [-0.3, -0.25) is 4.79 Å². The summed E-state index contributed by atoms with van der Waals surface area (Å²) in [4.78, 5) is 12.4. The van der Waals surface area contributed by atoms with Crippen LogP contribution in [0.15, 0.2) is 46.9 Å². The number of hydrogen-bond donors (Lipinski definition) is 2. The Labute approximate surface area is 132 Å². The second kappa shape index (κ2) is 5.90. The SMILES string of the molecule is Cc1cc(NC2CCc3ccccc3NC2=O)ccc1Br. The summed E-state index contributed by atoms with van der Waals surface area (Å²) in [7, 11) is 0. The third-order valence-corrected chi connectivity index (χ3v) is 4.68. The minimum Gasteiger partial charge on any atom is -0.374 e. The van der Waals surface area contributed by atoms with E-state index < -0.39 is 0 Å². The molecule has 4 heteroatoms. The summed E-state index contributed by atoms with van der Waals surface area (Å²) in [6.45, 7) is 2.04. The highest BCUT2D eigenvalue weighted by molar-refractivity contribution is 9.10. The monoisotopic (exact) mass is 344 g/mol. The van der Waals surface area contributed by atoms with Gasteiger partial charge in [-0.1, -0.05) is 34.1 Å². The zero-order valence-electron chi connectivity index (χ0n) is 11.8. The lowest BCUT2D eigenvalue weighted by molar-refractivity contribution is -0.116. The van der Waals surface area contributed by atoms with E-state index in [1.807, 2.05) is 37.3 Å². The Morgan fingerprint density at radius 3 is 2.86 bits per heavy atom. The first kappa shape index (κ1) is 14.1. The maximum atomic E-state index is 12.4. The van der Waals surface area contributed by atoms with Gasteiger partial charge < -0.3 is 10.6 Å². The molecular formula is C17H17BrN2O. The molecule has 0 bridgehead atoms. The first-order valence-corrected chi connectivity index (χ1v) is 7.84. The van der Waals surface area contributed by atoms with Crippen LogP contribution in [0.3, 0.4) is 0 Å². The fourth-order valence-corrected chi connectivity index (χ4v) is 2.83. The van der Waals surface area contributed by atoms with Gasteiger partial charge in [-0.05, 0) is 55.2 Å². The molecule has 1 amide bonds. The molecule has 0 radical (unpaired) electrons. The Hall–Kier alpha value is -1.81. The van der Waals surface area contributed by atoms with Crippen molar-refractivity contribution in [3.8, 4) is 0 Å². The summed E-state index contributed by atoms with van der Waals surface area (Å²) < 4.78 is 1.07. The molecule has 0 aromatic heterocycles. The van der Waals surface area contributed by atoms with E-state index in [0.717, 1.165) is 34.3 Å². The molecule has 0 fully saturated rings. The van der Waals surface area contributed by atoms with Crippen LogP contribution in [-0.2, 0) is 11.2 Å². The topological polar surface area (TPSA) is 41.1 Å². The fraction of sp³-hybridized carbons (Fsp3) is 0.235. The number of aryl methyl sites for hydroxylation is 2. The van der Waals surface area contributed by atoms with E-state index in [1.54, 1.807) is 0 Å². The number of carbonyl (C=O) groups is 1. The van der Waals surface area contributed by atoms with Crippen molar-refractivity contribution >= 4 is 33.2 Å². The Morgan fingerprint density at radius 1 is 1.24 bits per heavy atom. The fourth-order valence-electron chi connectivity index (χ4n) is 2.58. The largest absolute Gasteiger partial charge is 0.374 e. The maximum absolute atomic E-state index is 12.4. The van der Waals surface area contributed by atoms with Crippen molar-refractivity contribution in [2.75, 3.05) is 10.6 Å². The zero-order valence-corrected chi connectivity index (χ0v) is 13.4. The van der Waals surface area contributed by atoms with E-state index in [-0.39, 0.29) is 11.9 Å². The van der Waals surface area contributed by atoms with Crippen molar-refractivity contribution in [2.24, 2.45) is 0 Å². The van der Waals surface area contributed by atoms with E-state index in [0.29, 0.717) is 0 Å². The van der Waals surface area contributed by atoms with Gasteiger partial charge in [-0.25, -0.2) is 0 Å². The van der Waals surface area contributed by atoms with Crippen LogP contribution in [0.4, 0.5) is 11.4 Å². The third-order valence-electron chi connectivity index (χ3n) is 3.79. The number of benzene rings is 2.